The normalized spacial score (nSPS) is 22.7. The number of hydrogen-bond acceptors (Lipinski definition) is 4. The van der Waals surface area contributed by atoms with Gasteiger partial charge in [-0.25, -0.2) is 13.1 Å². The first-order valence-corrected chi connectivity index (χ1v) is 8.55. The molecule has 2 atom stereocenters. The van der Waals surface area contributed by atoms with Crippen LogP contribution < -0.4 is 4.72 Å². The van der Waals surface area contributed by atoms with Gasteiger partial charge in [-0.1, -0.05) is 15.9 Å². The van der Waals surface area contributed by atoms with E-state index in [0.29, 0.717) is 19.3 Å². The molecule has 0 aliphatic heterocycles. The van der Waals surface area contributed by atoms with Gasteiger partial charge in [-0.15, -0.1) is 0 Å². The summed E-state index contributed by atoms with van der Waals surface area (Å²) in [6.07, 6.45) is 1.79. The Morgan fingerprint density at radius 3 is 2.55 bits per heavy atom. The van der Waals surface area contributed by atoms with Gasteiger partial charge in [0.15, 0.2) is 0 Å². The van der Waals surface area contributed by atoms with Crippen molar-refractivity contribution in [2.24, 2.45) is 5.92 Å². The van der Waals surface area contributed by atoms with Crippen LogP contribution in [0, 0.1) is 5.92 Å². The Balaban J connectivity index is 2.03. The number of nitrogens with one attached hydrogen (secondary N) is 1. The molecule has 0 saturated heterocycles. The van der Waals surface area contributed by atoms with Gasteiger partial charge in [0, 0.05) is 10.5 Å². The van der Waals surface area contributed by atoms with E-state index in [9.17, 15) is 13.2 Å². The van der Waals surface area contributed by atoms with E-state index in [1.807, 2.05) is 0 Å². The summed E-state index contributed by atoms with van der Waals surface area (Å²) in [4.78, 5) is 11.7. The van der Waals surface area contributed by atoms with Crippen LogP contribution in [0.25, 0.3) is 0 Å². The minimum atomic E-state index is -3.54. The zero-order chi connectivity index (χ0) is 14.8. The van der Waals surface area contributed by atoms with Gasteiger partial charge in [-0.3, -0.25) is 4.79 Å². The molecule has 1 fully saturated rings. The molecule has 0 unspecified atom stereocenters. The van der Waals surface area contributed by atoms with Crippen LogP contribution in [0.4, 0.5) is 0 Å². The molecular formula is C13H16BrNO4S. The van der Waals surface area contributed by atoms with Gasteiger partial charge >= 0.3 is 5.97 Å². The molecule has 5 nitrogen and oxygen atoms in total. The molecule has 1 aliphatic rings. The molecule has 1 N–H and O–H groups in total. The highest BCUT2D eigenvalue weighted by Crippen LogP contribution is 2.27. The molecule has 1 aromatic rings. The van der Waals surface area contributed by atoms with Gasteiger partial charge in [0.05, 0.1) is 17.9 Å². The lowest BCUT2D eigenvalue weighted by molar-refractivity contribution is -0.145. The molecule has 0 aromatic heterocycles. The van der Waals surface area contributed by atoms with Crippen LogP contribution in [0.5, 0.6) is 0 Å². The van der Waals surface area contributed by atoms with E-state index in [4.69, 9.17) is 0 Å². The van der Waals surface area contributed by atoms with Gasteiger partial charge < -0.3 is 4.74 Å². The van der Waals surface area contributed by atoms with E-state index < -0.39 is 10.0 Å². The van der Waals surface area contributed by atoms with Crippen molar-refractivity contribution in [2.75, 3.05) is 7.11 Å². The Labute approximate surface area is 126 Å². The number of rotatable bonds is 4. The van der Waals surface area contributed by atoms with Gasteiger partial charge in [0.25, 0.3) is 0 Å². The summed E-state index contributed by atoms with van der Waals surface area (Å²) in [5.41, 5.74) is 0. The zero-order valence-corrected chi connectivity index (χ0v) is 13.4. The lowest BCUT2D eigenvalue weighted by atomic mass is 10.1. The summed E-state index contributed by atoms with van der Waals surface area (Å²) in [7, 11) is -2.19. The van der Waals surface area contributed by atoms with Crippen LogP contribution >= 0.6 is 15.9 Å². The molecular weight excluding hydrogens is 346 g/mol. The second-order valence-electron chi connectivity index (χ2n) is 4.81. The molecule has 0 heterocycles. The van der Waals surface area contributed by atoms with E-state index in [0.717, 1.165) is 4.47 Å². The average molecular weight is 362 g/mol. The third-order valence-corrected chi connectivity index (χ3v) is 5.48. The zero-order valence-electron chi connectivity index (χ0n) is 11.0. The fraction of sp³-hybridized carbons (Fsp3) is 0.462. The number of ether oxygens (including phenoxy) is 1. The molecule has 0 radical (unpaired) electrons. The van der Waals surface area contributed by atoms with Crippen molar-refractivity contribution < 1.29 is 17.9 Å². The van der Waals surface area contributed by atoms with E-state index in [1.165, 1.54) is 7.11 Å². The van der Waals surface area contributed by atoms with Crippen LogP contribution in [0.1, 0.15) is 19.3 Å². The fourth-order valence-corrected chi connectivity index (χ4v) is 3.92. The minimum Gasteiger partial charge on any atom is -0.469 e. The topological polar surface area (TPSA) is 72.5 Å². The van der Waals surface area contributed by atoms with Gasteiger partial charge in [-0.05, 0) is 43.5 Å². The quantitative estimate of drug-likeness (QED) is 0.833. The summed E-state index contributed by atoms with van der Waals surface area (Å²) >= 11 is 3.27. The van der Waals surface area contributed by atoms with Crippen LogP contribution in [0.15, 0.2) is 33.6 Å². The largest absolute Gasteiger partial charge is 0.469 e. The second-order valence-corrected chi connectivity index (χ2v) is 7.43. The Kier molecular flexibility index (Phi) is 4.82. The maximum absolute atomic E-state index is 12.2. The lowest BCUT2D eigenvalue weighted by Gasteiger charge is -2.13. The number of esters is 1. The van der Waals surface area contributed by atoms with Crippen molar-refractivity contribution in [2.45, 2.75) is 30.2 Å². The average Bonchev–Trinajstić information content (AvgIpc) is 2.86. The van der Waals surface area contributed by atoms with Gasteiger partial charge in [0.2, 0.25) is 10.0 Å². The summed E-state index contributed by atoms with van der Waals surface area (Å²) in [5.74, 6) is -0.479. The first-order chi connectivity index (χ1) is 9.42. The Bertz CT molecular complexity index is 585. The maximum atomic E-state index is 12.2. The van der Waals surface area contributed by atoms with Gasteiger partial charge in [0.1, 0.15) is 0 Å². The van der Waals surface area contributed by atoms with Crippen LogP contribution in [0.2, 0.25) is 0 Å². The van der Waals surface area contributed by atoms with Crippen LogP contribution in [-0.2, 0) is 19.6 Å². The highest BCUT2D eigenvalue weighted by molar-refractivity contribution is 9.10. The van der Waals surface area contributed by atoms with E-state index >= 15 is 0 Å². The monoisotopic (exact) mass is 361 g/mol. The Morgan fingerprint density at radius 1 is 1.30 bits per heavy atom. The third kappa shape index (κ3) is 3.59. The first-order valence-electron chi connectivity index (χ1n) is 6.28. The molecule has 110 valence electrons. The first kappa shape index (κ1) is 15.5. The number of halogens is 1. The predicted octanol–water partition coefficient (Wildman–Crippen LogP) is 2.07. The van der Waals surface area contributed by atoms with Crippen molar-refractivity contribution in [3.63, 3.8) is 0 Å². The summed E-state index contributed by atoms with van der Waals surface area (Å²) < 4.78 is 32.6. The molecule has 2 rings (SSSR count). The SMILES string of the molecule is COC(=O)[C@@H]1CC[C@H](NS(=O)(=O)c2ccc(Br)cc2)C1. The Morgan fingerprint density at radius 2 is 1.95 bits per heavy atom. The standard InChI is InChI=1S/C13H16BrNO4S/c1-19-13(16)9-2-5-11(8-9)15-20(17,18)12-6-3-10(14)4-7-12/h3-4,6-7,9,11,15H,2,5,8H2,1H3/t9-,11+/m1/s1. The number of methoxy groups -OCH3 is 1. The van der Waals surface area contributed by atoms with Crippen molar-refractivity contribution in [3.05, 3.63) is 28.7 Å². The number of hydrogen-bond donors (Lipinski definition) is 1. The third-order valence-electron chi connectivity index (χ3n) is 3.41. The summed E-state index contributed by atoms with van der Waals surface area (Å²) in [6.45, 7) is 0. The highest BCUT2D eigenvalue weighted by Gasteiger charge is 2.33. The molecule has 0 amide bonds. The van der Waals surface area contributed by atoms with E-state index in [-0.39, 0.29) is 22.8 Å². The summed E-state index contributed by atoms with van der Waals surface area (Å²) in [5, 5.41) is 0. The second kappa shape index (κ2) is 6.24. The van der Waals surface area contributed by atoms with Crippen LogP contribution in [0.3, 0.4) is 0 Å². The van der Waals surface area contributed by atoms with E-state index in [1.54, 1.807) is 24.3 Å². The molecule has 0 spiro atoms. The van der Waals surface area contributed by atoms with Crippen molar-refractivity contribution in [1.82, 2.24) is 4.72 Å². The fourth-order valence-electron chi connectivity index (χ4n) is 2.37. The number of sulfonamides is 1. The smallest absolute Gasteiger partial charge is 0.308 e. The highest BCUT2D eigenvalue weighted by atomic mass is 79.9. The number of carbonyl (C=O) groups is 1. The maximum Gasteiger partial charge on any atom is 0.308 e. The van der Waals surface area contributed by atoms with Crippen molar-refractivity contribution in [1.29, 1.82) is 0 Å². The molecule has 1 aromatic carbocycles. The molecule has 20 heavy (non-hydrogen) atoms. The van der Waals surface area contributed by atoms with Crippen LogP contribution in [-0.4, -0.2) is 27.5 Å². The Hall–Kier alpha value is -0.920. The van der Waals surface area contributed by atoms with E-state index in [2.05, 4.69) is 25.4 Å². The molecule has 0 bridgehead atoms. The van der Waals surface area contributed by atoms with Gasteiger partial charge in [-0.2, -0.15) is 0 Å². The predicted molar refractivity (Wildman–Crippen MR) is 77.6 cm³/mol. The molecule has 1 saturated carbocycles. The number of benzene rings is 1. The number of carbonyl (C=O) groups excluding carboxylic acids is 1. The van der Waals surface area contributed by atoms with Crippen molar-refractivity contribution in [3.8, 4) is 0 Å². The summed E-state index contributed by atoms with van der Waals surface area (Å²) in [6, 6.07) is 6.23. The minimum absolute atomic E-state index is 0.211. The molecule has 7 heteroatoms. The van der Waals surface area contributed by atoms with Crippen molar-refractivity contribution >= 4 is 31.9 Å². The lowest BCUT2D eigenvalue weighted by Crippen LogP contribution is -2.33. The molecule has 1 aliphatic carbocycles.